The van der Waals surface area contributed by atoms with E-state index in [1.165, 1.54) is 36.4 Å². The molecule has 1 aliphatic rings. The lowest BCUT2D eigenvalue weighted by atomic mass is 9.91. The summed E-state index contributed by atoms with van der Waals surface area (Å²) in [5, 5.41) is 2.98. The first-order chi connectivity index (χ1) is 12.0. The number of amides is 1. The van der Waals surface area contributed by atoms with Crippen LogP contribution in [0.5, 0.6) is 0 Å². The highest BCUT2D eigenvalue weighted by Gasteiger charge is 2.21. The summed E-state index contributed by atoms with van der Waals surface area (Å²) in [7, 11) is 0. The number of nitrogens with zero attached hydrogens (tertiary/aromatic N) is 2. The summed E-state index contributed by atoms with van der Waals surface area (Å²) in [5.74, 6) is 1.53. The van der Waals surface area contributed by atoms with E-state index in [0.717, 1.165) is 29.6 Å². The zero-order chi connectivity index (χ0) is 17.8. The van der Waals surface area contributed by atoms with Gasteiger partial charge in [-0.05, 0) is 36.3 Å². The normalized spacial score (nSPS) is 21.2. The van der Waals surface area contributed by atoms with Gasteiger partial charge in [0.25, 0.3) is 5.91 Å². The third-order valence-corrected chi connectivity index (χ3v) is 5.71. The van der Waals surface area contributed by atoms with Gasteiger partial charge in [-0.1, -0.05) is 38.1 Å². The molecular formula is C20H27N3OS. The fourth-order valence-electron chi connectivity index (χ4n) is 3.72. The van der Waals surface area contributed by atoms with Crippen molar-refractivity contribution >= 4 is 17.2 Å². The Bertz CT molecular complexity index is 700. The molecule has 1 aromatic carbocycles. The molecule has 2 atom stereocenters. The van der Waals surface area contributed by atoms with Crippen molar-refractivity contribution < 1.29 is 4.79 Å². The van der Waals surface area contributed by atoms with Crippen molar-refractivity contribution in [3.05, 3.63) is 51.5 Å². The molecular weight excluding hydrogens is 330 g/mol. The molecule has 3 rings (SSSR count). The fourth-order valence-corrected chi connectivity index (χ4v) is 4.44. The smallest absolute Gasteiger partial charge is 0.263 e. The average molecular weight is 358 g/mol. The summed E-state index contributed by atoms with van der Waals surface area (Å²) in [6, 6.07) is 8.60. The maximum absolute atomic E-state index is 12.1. The Balaban J connectivity index is 1.52. The molecule has 0 aliphatic carbocycles. The SMILES string of the molecule is Cc1ncsc1C(=O)NCc1ccc(CN2C[C@H](C)C[C@@H](C)C2)cc1. The molecule has 4 nitrogen and oxygen atoms in total. The van der Waals surface area contributed by atoms with Gasteiger partial charge in [0.05, 0.1) is 11.2 Å². The number of rotatable bonds is 5. The Morgan fingerprint density at radius 3 is 2.44 bits per heavy atom. The molecule has 1 aliphatic heterocycles. The van der Waals surface area contributed by atoms with Crippen LogP contribution >= 0.6 is 11.3 Å². The van der Waals surface area contributed by atoms with Gasteiger partial charge in [-0.2, -0.15) is 0 Å². The van der Waals surface area contributed by atoms with Crippen molar-refractivity contribution in [2.24, 2.45) is 11.8 Å². The number of nitrogens with one attached hydrogen (secondary N) is 1. The molecule has 0 saturated carbocycles. The number of benzene rings is 1. The molecule has 1 N–H and O–H groups in total. The van der Waals surface area contributed by atoms with Crippen molar-refractivity contribution in [3.63, 3.8) is 0 Å². The topological polar surface area (TPSA) is 45.2 Å². The van der Waals surface area contributed by atoms with Crippen molar-refractivity contribution in [1.82, 2.24) is 15.2 Å². The second-order valence-electron chi connectivity index (χ2n) is 7.41. The van der Waals surface area contributed by atoms with Crippen LogP contribution in [0.4, 0.5) is 0 Å². The summed E-state index contributed by atoms with van der Waals surface area (Å²) in [4.78, 5) is 19.5. The van der Waals surface area contributed by atoms with E-state index in [1.54, 1.807) is 5.51 Å². The van der Waals surface area contributed by atoms with Gasteiger partial charge >= 0.3 is 0 Å². The maximum atomic E-state index is 12.1. The van der Waals surface area contributed by atoms with Crippen LogP contribution in [-0.4, -0.2) is 28.9 Å². The minimum absolute atomic E-state index is 0.0413. The Labute approximate surface area is 154 Å². The monoisotopic (exact) mass is 357 g/mol. The van der Waals surface area contributed by atoms with Gasteiger partial charge in [0.1, 0.15) is 4.88 Å². The second-order valence-corrected chi connectivity index (χ2v) is 8.26. The number of carbonyl (C=O) groups excluding carboxylic acids is 1. The van der Waals surface area contributed by atoms with Gasteiger partial charge in [-0.3, -0.25) is 9.69 Å². The fraction of sp³-hybridized carbons (Fsp3) is 0.500. The number of hydrogen-bond donors (Lipinski definition) is 1. The Morgan fingerprint density at radius 2 is 1.84 bits per heavy atom. The van der Waals surface area contributed by atoms with Crippen molar-refractivity contribution in [1.29, 1.82) is 0 Å². The van der Waals surface area contributed by atoms with Crippen molar-refractivity contribution in [2.45, 2.75) is 40.3 Å². The van der Waals surface area contributed by atoms with E-state index < -0.39 is 0 Å². The van der Waals surface area contributed by atoms with Gasteiger partial charge < -0.3 is 5.32 Å². The number of piperidine rings is 1. The van der Waals surface area contributed by atoms with Crippen LogP contribution in [0.15, 0.2) is 29.8 Å². The molecule has 2 aromatic rings. The number of likely N-dealkylation sites (tertiary alicyclic amines) is 1. The summed E-state index contributed by atoms with van der Waals surface area (Å²) in [6.07, 6.45) is 1.34. The first kappa shape index (κ1) is 18.1. The molecule has 1 aromatic heterocycles. The number of aryl methyl sites for hydroxylation is 1. The van der Waals surface area contributed by atoms with Gasteiger partial charge in [-0.25, -0.2) is 4.98 Å². The molecule has 25 heavy (non-hydrogen) atoms. The Morgan fingerprint density at radius 1 is 1.20 bits per heavy atom. The minimum Gasteiger partial charge on any atom is -0.347 e. The van der Waals surface area contributed by atoms with E-state index in [0.29, 0.717) is 11.4 Å². The standard InChI is InChI=1S/C20H27N3OS/c1-14-8-15(2)11-23(10-14)12-18-6-4-17(5-7-18)9-21-20(24)19-16(3)22-13-25-19/h4-7,13-15H,8-12H2,1-3H3,(H,21,24)/t14-,15-/m1/s1. The van der Waals surface area contributed by atoms with Crippen molar-refractivity contribution in [3.8, 4) is 0 Å². The van der Waals surface area contributed by atoms with Gasteiger partial charge in [0.2, 0.25) is 0 Å². The minimum atomic E-state index is -0.0413. The van der Waals surface area contributed by atoms with E-state index in [9.17, 15) is 4.79 Å². The highest BCUT2D eigenvalue weighted by molar-refractivity contribution is 7.11. The van der Waals surface area contributed by atoms with Crippen LogP contribution in [-0.2, 0) is 13.1 Å². The van der Waals surface area contributed by atoms with Gasteiger partial charge in [-0.15, -0.1) is 11.3 Å². The average Bonchev–Trinajstić information content (AvgIpc) is 2.99. The summed E-state index contributed by atoms with van der Waals surface area (Å²) < 4.78 is 0. The van der Waals surface area contributed by atoms with E-state index in [1.807, 2.05) is 6.92 Å². The summed E-state index contributed by atoms with van der Waals surface area (Å²) in [6.45, 7) is 10.5. The van der Waals surface area contributed by atoms with Crippen LogP contribution in [0.3, 0.4) is 0 Å². The third-order valence-electron chi connectivity index (χ3n) is 4.78. The van der Waals surface area contributed by atoms with E-state index >= 15 is 0 Å². The Kier molecular flexibility index (Phi) is 5.86. The molecule has 1 fully saturated rings. The summed E-state index contributed by atoms with van der Waals surface area (Å²) in [5.41, 5.74) is 4.97. The highest BCUT2D eigenvalue weighted by atomic mass is 32.1. The van der Waals surface area contributed by atoms with Crippen LogP contribution < -0.4 is 5.32 Å². The molecule has 1 saturated heterocycles. The van der Waals surface area contributed by atoms with E-state index in [-0.39, 0.29) is 5.91 Å². The van der Waals surface area contributed by atoms with E-state index in [2.05, 4.69) is 53.3 Å². The van der Waals surface area contributed by atoms with Crippen LogP contribution in [0.1, 0.15) is 46.8 Å². The zero-order valence-electron chi connectivity index (χ0n) is 15.3. The van der Waals surface area contributed by atoms with Gasteiger partial charge in [0.15, 0.2) is 0 Å². The molecule has 0 radical (unpaired) electrons. The lowest BCUT2D eigenvalue weighted by Gasteiger charge is -2.35. The Hall–Kier alpha value is -1.72. The highest BCUT2D eigenvalue weighted by Crippen LogP contribution is 2.22. The molecule has 5 heteroatoms. The number of thiazole rings is 1. The molecule has 0 bridgehead atoms. The molecule has 2 heterocycles. The number of hydrogen-bond acceptors (Lipinski definition) is 4. The van der Waals surface area contributed by atoms with Crippen LogP contribution in [0.2, 0.25) is 0 Å². The maximum Gasteiger partial charge on any atom is 0.263 e. The predicted molar refractivity (Wildman–Crippen MR) is 103 cm³/mol. The van der Waals surface area contributed by atoms with Gasteiger partial charge in [0, 0.05) is 26.2 Å². The molecule has 134 valence electrons. The number of aromatic nitrogens is 1. The van der Waals surface area contributed by atoms with Crippen LogP contribution in [0.25, 0.3) is 0 Å². The first-order valence-electron chi connectivity index (χ1n) is 8.99. The molecule has 0 unspecified atom stereocenters. The van der Waals surface area contributed by atoms with E-state index in [4.69, 9.17) is 0 Å². The first-order valence-corrected chi connectivity index (χ1v) is 9.87. The zero-order valence-corrected chi connectivity index (χ0v) is 16.1. The second kappa shape index (κ2) is 8.11. The molecule has 0 spiro atoms. The third kappa shape index (κ3) is 4.89. The van der Waals surface area contributed by atoms with Crippen molar-refractivity contribution in [2.75, 3.05) is 13.1 Å². The molecule has 1 amide bonds. The largest absolute Gasteiger partial charge is 0.347 e. The van der Waals surface area contributed by atoms with Crippen LogP contribution in [0, 0.1) is 18.8 Å². The summed E-state index contributed by atoms with van der Waals surface area (Å²) >= 11 is 1.39. The lowest BCUT2D eigenvalue weighted by molar-refractivity contribution is 0.0954. The quantitative estimate of drug-likeness (QED) is 0.884. The predicted octanol–water partition coefficient (Wildman–Crippen LogP) is 3.86. The number of carbonyl (C=O) groups is 1. The lowest BCUT2D eigenvalue weighted by Crippen LogP contribution is -2.38.